The molecule has 0 unspecified atom stereocenters. The summed E-state index contributed by atoms with van der Waals surface area (Å²) in [4.78, 5) is 0. The van der Waals surface area contributed by atoms with Gasteiger partial charge in [-0.3, -0.25) is 0 Å². The summed E-state index contributed by atoms with van der Waals surface area (Å²) in [6.07, 6.45) is 0. The zero-order chi connectivity index (χ0) is 8.32. The first kappa shape index (κ1) is 9.05. The monoisotopic (exact) mass is 230 g/mol. The summed E-state index contributed by atoms with van der Waals surface area (Å²) >= 11 is 0.744. The van der Waals surface area contributed by atoms with Crippen molar-refractivity contribution in [3.8, 4) is 0 Å². The fourth-order valence-electron chi connectivity index (χ4n) is 0.842. The molecule has 0 fully saturated rings. The molecule has 0 N–H and O–H groups in total. The molecule has 0 atom stereocenters. The SMILES string of the molecule is C[Si](C)(C)[Se]c1ccccc1. The van der Waals surface area contributed by atoms with E-state index in [4.69, 9.17) is 0 Å². The minimum atomic E-state index is -0.836. The van der Waals surface area contributed by atoms with Gasteiger partial charge in [-0.25, -0.2) is 0 Å². The van der Waals surface area contributed by atoms with Gasteiger partial charge in [0.15, 0.2) is 0 Å². The quantitative estimate of drug-likeness (QED) is 0.679. The van der Waals surface area contributed by atoms with Crippen LogP contribution in [0.2, 0.25) is 19.6 Å². The summed E-state index contributed by atoms with van der Waals surface area (Å²) in [7, 11) is 0. The van der Waals surface area contributed by atoms with Gasteiger partial charge >= 0.3 is 75.4 Å². The molecule has 0 spiro atoms. The van der Waals surface area contributed by atoms with Crippen LogP contribution in [0.25, 0.3) is 0 Å². The molecule has 0 radical (unpaired) electrons. The second-order valence-electron chi connectivity index (χ2n) is 3.53. The van der Waals surface area contributed by atoms with Crippen LogP contribution < -0.4 is 4.46 Å². The Balaban J connectivity index is 2.66. The van der Waals surface area contributed by atoms with Gasteiger partial charge in [0.25, 0.3) is 0 Å². The van der Waals surface area contributed by atoms with Crippen LogP contribution in [-0.4, -0.2) is 21.0 Å². The first-order valence-electron chi connectivity index (χ1n) is 3.82. The Hall–Kier alpha value is -0.0436. The maximum absolute atomic E-state index is 2.43. The van der Waals surface area contributed by atoms with E-state index in [9.17, 15) is 0 Å². The molecular formula is C9H14SeSi. The maximum atomic E-state index is 2.43. The molecule has 0 bridgehead atoms. The molecule has 11 heavy (non-hydrogen) atoms. The van der Waals surface area contributed by atoms with Crippen LogP contribution in [0.15, 0.2) is 30.3 Å². The van der Waals surface area contributed by atoms with Gasteiger partial charge in [0.2, 0.25) is 0 Å². The summed E-state index contributed by atoms with van der Waals surface area (Å²) in [5, 5.41) is 0. The number of rotatable bonds is 2. The Bertz CT molecular complexity index is 213. The van der Waals surface area contributed by atoms with Crippen molar-refractivity contribution in [1.82, 2.24) is 0 Å². The normalized spacial score (nSPS) is 11.5. The van der Waals surface area contributed by atoms with Crippen molar-refractivity contribution in [2.75, 3.05) is 0 Å². The molecule has 1 aromatic carbocycles. The van der Waals surface area contributed by atoms with Gasteiger partial charge in [-0.15, -0.1) is 0 Å². The third-order valence-electron chi connectivity index (χ3n) is 1.17. The summed E-state index contributed by atoms with van der Waals surface area (Å²) in [5.41, 5.74) is 0. The summed E-state index contributed by atoms with van der Waals surface area (Å²) in [5.74, 6) is 0. The van der Waals surface area contributed by atoms with Crippen molar-refractivity contribution in [1.29, 1.82) is 0 Å². The van der Waals surface area contributed by atoms with E-state index < -0.39 is 6.68 Å². The van der Waals surface area contributed by atoms with Gasteiger partial charge in [0.1, 0.15) is 0 Å². The average molecular weight is 229 g/mol. The van der Waals surface area contributed by atoms with Crippen LogP contribution in [0, 0.1) is 0 Å². The molecule has 0 amide bonds. The summed E-state index contributed by atoms with van der Waals surface area (Å²) in [6.45, 7) is 6.46. The van der Waals surface area contributed by atoms with E-state index in [1.54, 1.807) is 4.46 Å². The van der Waals surface area contributed by atoms with E-state index in [1.807, 2.05) is 0 Å². The standard InChI is InChI=1S/C9H14SeSi/c1-11(2,3)10-9-7-5-4-6-8-9/h4-8H,1-3H3. The van der Waals surface area contributed by atoms with Crippen LogP contribution in [0.5, 0.6) is 0 Å². The molecule has 1 aromatic rings. The van der Waals surface area contributed by atoms with Gasteiger partial charge in [-0.2, -0.15) is 0 Å². The van der Waals surface area contributed by atoms with E-state index in [-0.39, 0.29) is 0 Å². The molecule has 60 valence electrons. The molecule has 0 nitrogen and oxygen atoms in total. The van der Waals surface area contributed by atoms with Crippen molar-refractivity contribution >= 4 is 25.5 Å². The van der Waals surface area contributed by atoms with Gasteiger partial charge in [0.05, 0.1) is 0 Å². The number of hydrogen-bond donors (Lipinski definition) is 0. The molecule has 0 heterocycles. The van der Waals surface area contributed by atoms with Gasteiger partial charge < -0.3 is 0 Å². The predicted octanol–water partition coefficient (Wildman–Crippen LogP) is 1.85. The topological polar surface area (TPSA) is 0 Å². The van der Waals surface area contributed by atoms with Crippen molar-refractivity contribution in [2.45, 2.75) is 19.6 Å². The first-order valence-corrected chi connectivity index (χ1v) is 10.7. The molecule has 1 rings (SSSR count). The van der Waals surface area contributed by atoms with Gasteiger partial charge in [-0.05, 0) is 0 Å². The van der Waals surface area contributed by atoms with E-state index in [0.717, 1.165) is 14.3 Å². The van der Waals surface area contributed by atoms with Crippen molar-refractivity contribution < 1.29 is 0 Å². The molecule has 2 heteroatoms. The third-order valence-corrected chi connectivity index (χ3v) is 7.92. The zero-order valence-corrected chi connectivity index (χ0v) is 10.0. The molecule has 0 aromatic heterocycles. The van der Waals surface area contributed by atoms with Crippen LogP contribution in [0.1, 0.15) is 0 Å². The van der Waals surface area contributed by atoms with Crippen LogP contribution in [0.4, 0.5) is 0 Å². The van der Waals surface area contributed by atoms with E-state index in [0.29, 0.717) is 0 Å². The number of hydrogen-bond acceptors (Lipinski definition) is 0. The van der Waals surface area contributed by atoms with Crippen molar-refractivity contribution in [3.63, 3.8) is 0 Å². The molecular weight excluding hydrogens is 215 g/mol. The predicted molar refractivity (Wildman–Crippen MR) is 55.2 cm³/mol. The van der Waals surface area contributed by atoms with Crippen LogP contribution >= 0.6 is 0 Å². The molecule has 0 saturated carbocycles. The van der Waals surface area contributed by atoms with E-state index in [1.165, 1.54) is 0 Å². The Morgan fingerprint density at radius 2 is 1.55 bits per heavy atom. The zero-order valence-electron chi connectivity index (χ0n) is 7.29. The van der Waals surface area contributed by atoms with Gasteiger partial charge in [-0.1, -0.05) is 0 Å². The second kappa shape index (κ2) is 3.57. The summed E-state index contributed by atoms with van der Waals surface area (Å²) in [6, 6.07) is 10.9. The van der Waals surface area contributed by atoms with Gasteiger partial charge in [0, 0.05) is 0 Å². The van der Waals surface area contributed by atoms with Crippen LogP contribution in [-0.2, 0) is 0 Å². The molecule has 0 aliphatic carbocycles. The van der Waals surface area contributed by atoms with E-state index in [2.05, 4.69) is 50.0 Å². The fourth-order valence-corrected chi connectivity index (χ4v) is 7.32. The molecule has 0 aliphatic rings. The summed E-state index contributed by atoms with van der Waals surface area (Å²) < 4.78 is 1.55. The Morgan fingerprint density at radius 3 is 2.00 bits per heavy atom. The fraction of sp³-hybridized carbons (Fsp3) is 0.333. The minimum absolute atomic E-state index is 0.744. The second-order valence-corrected chi connectivity index (χ2v) is 17.9. The Kier molecular flexibility index (Phi) is 2.94. The van der Waals surface area contributed by atoms with E-state index >= 15 is 0 Å². The molecule has 0 saturated heterocycles. The Morgan fingerprint density at radius 1 is 1.00 bits per heavy atom. The van der Waals surface area contributed by atoms with Crippen LogP contribution in [0.3, 0.4) is 0 Å². The number of benzene rings is 1. The van der Waals surface area contributed by atoms with Crippen molar-refractivity contribution in [3.05, 3.63) is 30.3 Å². The third kappa shape index (κ3) is 3.75. The average Bonchev–Trinajstić information content (AvgIpc) is 1.85. The molecule has 0 aliphatic heterocycles. The Labute approximate surface area is 75.6 Å². The van der Waals surface area contributed by atoms with Crippen molar-refractivity contribution in [2.24, 2.45) is 0 Å². The first-order chi connectivity index (χ1) is 5.08.